The van der Waals surface area contributed by atoms with E-state index in [9.17, 15) is 13.2 Å². The summed E-state index contributed by atoms with van der Waals surface area (Å²) in [6, 6.07) is 5.23. The molecule has 1 aromatic carbocycles. The second kappa shape index (κ2) is 4.76. The average molecular weight is 288 g/mol. The number of nitrogens with zero attached hydrogens (tertiary/aromatic N) is 3. The number of rotatable bonds is 2. The van der Waals surface area contributed by atoms with Gasteiger partial charge in [-0.1, -0.05) is 11.8 Å². The third-order valence-corrected chi connectivity index (χ3v) is 3.45. The standard InChI is InChI=1S/C11H11F3N4S/c1-6-5-7(3-4-8(6)15)19-10-16-9(11(12,13)14)17-18(10)2/h3-5H,15H2,1-2H3. The molecule has 8 heteroatoms. The zero-order chi connectivity index (χ0) is 14.2. The first-order valence-electron chi connectivity index (χ1n) is 5.29. The Balaban J connectivity index is 2.28. The Hall–Kier alpha value is -1.70. The van der Waals surface area contributed by atoms with E-state index in [2.05, 4.69) is 10.1 Å². The number of nitrogen functional groups attached to an aromatic ring is 1. The van der Waals surface area contributed by atoms with E-state index in [0.717, 1.165) is 26.9 Å². The first kappa shape index (κ1) is 13.7. The smallest absolute Gasteiger partial charge is 0.399 e. The minimum atomic E-state index is -4.53. The van der Waals surface area contributed by atoms with Gasteiger partial charge in [0.15, 0.2) is 5.16 Å². The van der Waals surface area contributed by atoms with Gasteiger partial charge in [0, 0.05) is 17.6 Å². The molecule has 2 aromatic rings. The number of alkyl halides is 3. The van der Waals surface area contributed by atoms with Gasteiger partial charge < -0.3 is 5.73 Å². The highest BCUT2D eigenvalue weighted by Crippen LogP contribution is 2.32. The highest BCUT2D eigenvalue weighted by atomic mass is 32.2. The van der Waals surface area contributed by atoms with Crippen molar-refractivity contribution in [2.75, 3.05) is 5.73 Å². The zero-order valence-electron chi connectivity index (χ0n) is 10.2. The van der Waals surface area contributed by atoms with Crippen molar-refractivity contribution in [3.05, 3.63) is 29.6 Å². The lowest BCUT2D eigenvalue weighted by atomic mass is 10.2. The Morgan fingerprint density at radius 2 is 2.00 bits per heavy atom. The molecule has 0 saturated heterocycles. The van der Waals surface area contributed by atoms with E-state index in [-0.39, 0.29) is 5.16 Å². The van der Waals surface area contributed by atoms with Crippen LogP contribution in [0.5, 0.6) is 0 Å². The van der Waals surface area contributed by atoms with Crippen LogP contribution in [0.1, 0.15) is 11.4 Å². The van der Waals surface area contributed by atoms with Crippen LogP contribution in [0.3, 0.4) is 0 Å². The molecule has 102 valence electrons. The lowest BCUT2D eigenvalue weighted by Crippen LogP contribution is -2.08. The molecule has 0 atom stereocenters. The molecular weight excluding hydrogens is 277 g/mol. The summed E-state index contributed by atoms with van der Waals surface area (Å²) in [7, 11) is 1.43. The monoisotopic (exact) mass is 288 g/mol. The minimum Gasteiger partial charge on any atom is -0.399 e. The van der Waals surface area contributed by atoms with E-state index in [1.165, 1.54) is 7.05 Å². The maximum absolute atomic E-state index is 12.5. The summed E-state index contributed by atoms with van der Waals surface area (Å²) in [6.45, 7) is 1.83. The van der Waals surface area contributed by atoms with Gasteiger partial charge in [-0.2, -0.15) is 18.2 Å². The summed E-state index contributed by atoms with van der Waals surface area (Å²) in [5.74, 6) is -1.13. The number of anilines is 1. The summed E-state index contributed by atoms with van der Waals surface area (Å²) in [5, 5.41) is 3.53. The molecule has 0 spiro atoms. The van der Waals surface area contributed by atoms with Gasteiger partial charge in [0.1, 0.15) is 0 Å². The lowest BCUT2D eigenvalue weighted by molar-refractivity contribution is -0.145. The fourth-order valence-electron chi connectivity index (χ4n) is 1.40. The van der Waals surface area contributed by atoms with E-state index >= 15 is 0 Å². The van der Waals surface area contributed by atoms with Crippen molar-refractivity contribution in [2.24, 2.45) is 7.05 Å². The van der Waals surface area contributed by atoms with Gasteiger partial charge in [-0.3, -0.25) is 0 Å². The first-order valence-corrected chi connectivity index (χ1v) is 6.11. The topological polar surface area (TPSA) is 56.7 Å². The molecule has 0 aliphatic rings. The molecule has 1 aromatic heterocycles. The van der Waals surface area contributed by atoms with Crippen LogP contribution in [0.4, 0.5) is 18.9 Å². The molecule has 0 aliphatic heterocycles. The van der Waals surface area contributed by atoms with Crippen LogP contribution >= 0.6 is 11.8 Å². The zero-order valence-corrected chi connectivity index (χ0v) is 11.0. The summed E-state index contributed by atoms with van der Waals surface area (Å²) >= 11 is 1.11. The Morgan fingerprint density at radius 3 is 2.53 bits per heavy atom. The Bertz CT molecular complexity index is 606. The largest absolute Gasteiger partial charge is 0.453 e. The summed E-state index contributed by atoms with van der Waals surface area (Å²) in [6.07, 6.45) is -4.53. The molecule has 4 nitrogen and oxygen atoms in total. The van der Waals surface area contributed by atoms with Gasteiger partial charge in [0.25, 0.3) is 5.82 Å². The Labute approximate surface area is 111 Å². The highest BCUT2D eigenvalue weighted by molar-refractivity contribution is 7.99. The van der Waals surface area contributed by atoms with Gasteiger partial charge in [-0.15, -0.1) is 5.10 Å². The van der Waals surface area contributed by atoms with Gasteiger partial charge >= 0.3 is 6.18 Å². The molecular formula is C11H11F3N4S. The predicted octanol–water partition coefficient (Wildman–Crippen LogP) is 2.88. The second-order valence-corrected chi connectivity index (χ2v) is 5.00. The summed E-state index contributed by atoms with van der Waals surface area (Å²) in [4.78, 5) is 4.25. The quantitative estimate of drug-likeness (QED) is 0.863. The van der Waals surface area contributed by atoms with Gasteiger partial charge in [-0.25, -0.2) is 4.68 Å². The normalized spacial score (nSPS) is 11.8. The third kappa shape index (κ3) is 3.01. The molecule has 1 heterocycles. The van der Waals surface area contributed by atoms with Crippen LogP contribution < -0.4 is 5.73 Å². The van der Waals surface area contributed by atoms with Crippen LogP contribution in [-0.2, 0) is 13.2 Å². The number of benzene rings is 1. The molecule has 2 rings (SSSR count). The maximum atomic E-state index is 12.5. The predicted molar refractivity (Wildman–Crippen MR) is 65.7 cm³/mol. The third-order valence-electron chi connectivity index (χ3n) is 2.43. The highest BCUT2D eigenvalue weighted by Gasteiger charge is 2.36. The van der Waals surface area contributed by atoms with E-state index in [0.29, 0.717) is 5.69 Å². The van der Waals surface area contributed by atoms with Crippen molar-refractivity contribution in [2.45, 2.75) is 23.2 Å². The Morgan fingerprint density at radius 1 is 1.32 bits per heavy atom. The van der Waals surface area contributed by atoms with Crippen LogP contribution in [-0.4, -0.2) is 14.8 Å². The van der Waals surface area contributed by atoms with Crippen molar-refractivity contribution in [1.82, 2.24) is 14.8 Å². The summed E-state index contributed by atoms with van der Waals surface area (Å²) in [5.41, 5.74) is 7.18. The van der Waals surface area contributed by atoms with Crippen molar-refractivity contribution in [1.29, 1.82) is 0 Å². The van der Waals surface area contributed by atoms with Crippen molar-refractivity contribution in [3.63, 3.8) is 0 Å². The Kier molecular flexibility index (Phi) is 3.44. The number of hydrogen-bond donors (Lipinski definition) is 1. The fraction of sp³-hybridized carbons (Fsp3) is 0.273. The SMILES string of the molecule is Cc1cc(Sc2nc(C(F)(F)F)nn2C)ccc1N. The van der Waals surface area contributed by atoms with Crippen LogP contribution in [0, 0.1) is 6.92 Å². The van der Waals surface area contributed by atoms with Crippen LogP contribution in [0.2, 0.25) is 0 Å². The van der Waals surface area contributed by atoms with E-state index in [4.69, 9.17) is 5.73 Å². The van der Waals surface area contributed by atoms with Gasteiger partial charge in [-0.05, 0) is 30.7 Å². The van der Waals surface area contributed by atoms with E-state index in [1.54, 1.807) is 18.2 Å². The molecule has 0 unspecified atom stereocenters. The van der Waals surface area contributed by atoms with Crippen molar-refractivity contribution < 1.29 is 13.2 Å². The molecule has 0 fully saturated rings. The van der Waals surface area contributed by atoms with E-state index in [1.807, 2.05) is 6.92 Å². The number of halogens is 3. The van der Waals surface area contributed by atoms with Crippen molar-refractivity contribution in [3.8, 4) is 0 Å². The molecule has 2 N–H and O–H groups in total. The van der Waals surface area contributed by atoms with Gasteiger partial charge in [0.2, 0.25) is 0 Å². The number of aromatic nitrogens is 3. The second-order valence-electron chi connectivity index (χ2n) is 3.96. The molecule has 0 bridgehead atoms. The van der Waals surface area contributed by atoms with Crippen molar-refractivity contribution >= 4 is 17.4 Å². The molecule has 19 heavy (non-hydrogen) atoms. The number of aryl methyl sites for hydroxylation is 2. The number of nitrogens with two attached hydrogens (primary N) is 1. The molecule has 0 radical (unpaired) electrons. The fourth-order valence-corrected chi connectivity index (χ4v) is 2.28. The van der Waals surface area contributed by atoms with Crippen LogP contribution in [0.25, 0.3) is 0 Å². The van der Waals surface area contributed by atoms with Crippen LogP contribution in [0.15, 0.2) is 28.3 Å². The van der Waals surface area contributed by atoms with Gasteiger partial charge in [0.05, 0.1) is 0 Å². The average Bonchev–Trinajstić information content (AvgIpc) is 2.65. The van der Waals surface area contributed by atoms with E-state index < -0.39 is 12.0 Å². The summed E-state index contributed by atoms with van der Waals surface area (Å²) < 4.78 is 38.5. The molecule has 0 amide bonds. The molecule has 0 aliphatic carbocycles. The minimum absolute atomic E-state index is 0.177. The molecule has 0 saturated carbocycles. The lowest BCUT2D eigenvalue weighted by Gasteiger charge is -2.03. The first-order chi connectivity index (χ1) is 8.77. The maximum Gasteiger partial charge on any atom is 0.453 e. The number of hydrogen-bond acceptors (Lipinski definition) is 4.